The molecule has 3 aliphatic rings. The Kier molecular flexibility index (Phi) is 5.47. The average molecular weight is 398 g/mol. The summed E-state index contributed by atoms with van der Waals surface area (Å²) in [5, 5.41) is 5.69. The van der Waals surface area contributed by atoms with Gasteiger partial charge in [0.1, 0.15) is 6.04 Å². The number of imide groups is 2. The van der Waals surface area contributed by atoms with Gasteiger partial charge in [-0.1, -0.05) is 25.0 Å². The van der Waals surface area contributed by atoms with Gasteiger partial charge in [0.25, 0.3) is 11.8 Å². The van der Waals surface area contributed by atoms with Gasteiger partial charge in [-0.25, -0.2) is 0 Å². The molecule has 2 aliphatic heterocycles. The van der Waals surface area contributed by atoms with Crippen LogP contribution in [-0.2, 0) is 16.1 Å². The van der Waals surface area contributed by atoms with E-state index in [1.54, 1.807) is 12.1 Å². The first kappa shape index (κ1) is 19.7. The van der Waals surface area contributed by atoms with Crippen LogP contribution in [0.4, 0.5) is 0 Å². The number of hydrogen-bond donors (Lipinski definition) is 3. The Bertz CT molecular complexity index is 862. The van der Waals surface area contributed by atoms with Crippen molar-refractivity contribution in [1.29, 1.82) is 0 Å². The Morgan fingerprint density at radius 2 is 1.86 bits per heavy atom. The van der Waals surface area contributed by atoms with Crippen LogP contribution < -0.4 is 16.4 Å². The average Bonchev–Trinajstić information content (AvgIpc) is 3.32. The Labute approximate surface area is 169 Å². The van der Waals surface area contributed by atoms with E-state index in [-0.39, 0.29) is 24.8 Å². The molecule has 4 N–H and O–H groups in total. The van der Waals surface area contributed by atoms with E-state index in [0.29, 0.717) is 30.1 Å². The number of carbonyl (C=O) groups excluding carboxylic acids is 4. The fourth-order valence-electron chi connectivity index (χ4n) is 4.78. The highest BCUT2D eigenvalue weighted by Crippen LogP contribution is 2.31. The van der Waals surface area contributed by atoms with Crippen molar-refractivity contribution in [3.63, 3.8) is 0 Å². The van der Waals surface area contributed by atoms with Gasteiger partial charge in [0.2, 0.25) is 11.8 Å². The quantitative estimate of drug-likeness (QED) is 0.607. The van der Waals surface area contributed by atoms with Crippen LogP contribution >= 0.6 is 0 Å². The number of nitrogens with zero attached hydrogens (tertiary/aromatic N) is 1. The van der Waals surface area contributed by atoms with Gasteiger partial charge in [-0.15, -0.1) is 0 Å². The standard InChI is InChI=1S/C21H26N4O4/c22-10-15(12-4-1-2-5-12)23-11-13-6-3-7-14-18(13)21(29)25(20(14)28)16-8-9-17(26)24-19(16)27/h3,6-7,12,15-16,23H,1-2,4-5,8-11,22H2,(H,24,26,27). The van der Waals surface area contributed by atoms with Crippen molar-refractivity contribution in [3.05, 3.63) is 34.9 Å². The molecule has 4 amide bonds. The zero-order valence-corrected chi connectivity index (χ0v) is 16.3. The minimum atomic E-state index is -0.948. The molecule has 1 aromatic carbocycles. The summed E-state index contributed by atoms with van der Waals surface area (Å²) in [6, 6.07) is 4.42. The third kappa shape index (κ3) is 3.58. The highest BCUT2D eigenvalue weighted by molar-refractivity contribution is 6.24. The van der Waals surface area contributed by atoms with E-state index in [9.17, 15) is 19.2 Å². The first-order chi connectivity index (χ1) is 14.0. The molecular weight excluding hydrogens is 372 g/mol. The first-order valence-corrected chi connectivity index (χ1v) is 10.3. The van der Waals surface area contributed by atoms with E-state index in [1.807, 2.05) is 6.07 Å². The van der Waals surface area contributed by atoms with Crippen LogP contribution in [-0.4, -0.2) is 47.2 Å². The predicted octanol–water partition coefficient (Wildman–Crippen LogP) is 0.695. The molecule has 0 radical (unpaired) electrons. The van der Waals surface area contributed by atoms with Crippen molar-refractivity contribution in [2.75, 3.05) is 6.54 Å². The van der Waals surface area contributed by atoms with E-state index >= 15 is 0 Å². The summed E-state index contributed by atoms with van der Waals surface area (Å²) in [5.74, 6) is -1.39. The number of hydrogen-bond acceptors (Lipinski definition) is 6. The largest absolute Gasteiger partial charge is 0.329 e. The molecular formula is C21H26N4O4. The summed E-state index contributed by atoms with van der Waals surface area (Å²) in [6.07, 6.45) is 5.01. The van der Waals surface area contributed by atoms with Crippen LogP contribution in [0.15, 0.2) is 18.2 Å². The second-order valence-electron chi connectivity index (χ2n) is 8.05. The van der Waals surface area contributed by atoms with E-state index < -0.39 is 23.8 Å². The number of fused-ring (bicyclic) bond motifs is 1. The minimum absolute atomic E-state index is 0.109. The number of carbonyl (C=O) groups is 4. The lowest BCUT2D eigenvalue weighted by Gasteiger charge is -2.28. The Hall–Kier alpha value is -2.58. The van der Waals surface area contributed by atoms with Gasteiger partial charge in [-0.05, 0) is 36.8 Å². The molecule has 2 unspecified atom stereocenters. The molecule has 1 aliphatic carbocycles. The fourth-order valence-corrected chi connectivity index (χ4v) is 4.78. The molecule has 0 aromatic heterocycles. The van der Waals surface area contributed by atoms with Crippen molar-refractivity contribution in [2.45, 2.75) is 57.2 Å². The van der Waals surface area contributed by atoms with Crippen LogP contribution in [0.2, 0.25) is 0 Å². The van der Waals surface area contributed by atoms with Gasteiger partial charge in [-0.2, -0.15) is 0 Å². The number of nitrogens with two attached hydrogens (primary N) is 1. The summed E-state index contributed by atoms with van der Waals surface area (Å²) < 4.78 is 0. The van der Waals surface area contributed by atoms with Crippen molar-refractivity contribution < 1.29 is 19.2 Å². The molecule has 2 heterocycles. The Morgan fingerprint density at radius 1 is 1.10 bits per heavy atom. The van der Waals surface area contributed by atoms with Crippen LogP contribution in [0.1, 0.15) is 64.8 Å². The van der Waals surface area contributed by atoms with E-state index in [4.69, 9.17) is 5.73 Å². The fraction of sp³-hybridized carbons (Fsp3) is 0.524. The van der Waals surface area contributed by atoms with Crippen molar-refractivity contribution in [2.24, 2.45) is 11.7 Å². The summed E-state index contributed by atoms with van der Waals surface area (Å²) in [7, 11) is 0. The molecule has 1 saturated heterocycles. The van der Waals surface area contributed by atoms with Gasteiger partial charge in [0.05, 0.1) is 11.1 Å². The molecule has 8 heteroatoms. The summed E-state index contributed by atoms with van der Waals surface area (Å²) in [4.78, 5) is 50.6. The van der Waals surface area contributed by atoms with Crippen LogP contribution in [0, 0.1) is 5.92 Å². The SMILES string of the molecule is NCC(NCc1cccc2c1C(=O)N(C1CCC(=O)NC1=O)C2=O)C1CCCC1. The second kappa shape index (κ2) is 8.04. The van der Waals surface area contributed by atoms with Crippen LogP contribution in [0.3, 0.4) is 0 Å². The van der Waals surface area contributed by atoms with E-state index in [0.717, 1.165) is 23.3 Å². The molecule has 0 bridgehead atoms. The smallest absolute Gasteiger partial charge is 0.262 e. The van der Waals surface area contributed by atoms with Crippen LogP contribution in [0.5, 0.6) is 0 Å². The molecule has 8 nitrogen and oxygen atoms in total. The monoisotopic (exact) mass is 398 g/mol. The van der Waals surface area contributed by atoms with Crippen LogP contribution in [0.25, 0.3) is 0 Å². The molecule has 2 atom stereocenters. The molecule has 1 aromatic rings. The van der Waals surface area contributed by atoms with Gasteiger partial charge < -0.3 is 11.1 Å². The number of piperidine rings is 1. The highest BCUT2D eigenvalue weighted by Gasteiger charge is 2.45. The second-order valence-corrected chi connectivity index (χ2v) is 8.05. The first-order valence-electron chi connectivity index (χ1n) is 10.3. The third-order valence-electron chi connectivity index (χ3n) is 6.33. The Morgan fingerprint density at radius 3 is 2.55 bits per heavy atom. The molecule has 2 fully saturated rings. The minimum Gasteiger partial charge on any atom is -0.329 e. The highest BCUT2D eigenvalue weighted by atomic mass is 16.2. The van der Waals surface area contributed by atoms with E-state index in [1.165, 1.54) is 12.8 Å². The zero-order chi connectivity index (χ0) is 20.5. The third-order valence-corrected chi connectivity index (χ3v) is 6.33. The maximum absolute atomic E-state index is 13.1. The van der Waals surface area contributed by atoms with E-state index in [2.05, 4.69) is 10.6 Å². The topological polar surface area (TPSA) is 122 Å². The number of amides is 4. The normalized spacial score (nSPS) is 23.5. The molecule has 4 rings (SSSR count). The lowest BCUT2D eigenvalue weighted by Crippen LogP contribution is -2.54. The number of rotatable bonds is 6. The van der Waals surface area contributed by atoms with Crippen molar-refractivity contribution >= 4 is 23.6 Å². The number of benzene rings is 1. The maximum atomic E-state index is 13.1. The van der Waals surface area contributed by atoms with Gasteiger partial charge in [0, 0.05) is 25.6 Å². The van der Waals surface area contributed by atoms with Crippen molar-refractivity contribution in [3.8, 4) is 0 Å². The lowest BCUT2D eigenvalue weighted by molar-refractivity contribution is -0.136. The van der Waals surface area contributed by atoms with Crippen molar-refractivity contribution in [1.82, 2.24) is 15.5 Å². The van der Waals surface area contributed by atoms with Gasteiger partial charge in [0.15, 0.2) is 0 Å². The summed E-state index contributed by atoms with van der Waals surface area (Å²) in [6.45, 7) is 0.957. The summed E-state index contributed by atoms with van der Waals surface area (Å²) >= 11 is 0. The maximum Gasteiger partial charge on any atom is 0.262 e. The molecule has 29 heavy (non-hydrogen) atoms. The van der Waals surface area contributed by atoms with Gasteiger partial charge >= 0.3 is 0 Å². The number of nitrogens with one attached hydrogen (secondary N) is 2. The predicted molar refractivity (Wildman–Crippen MR) is 105 cm³/mol. The lowest BCUT2D eigenvalue weighted by atomic mass is 9.97. The van der Waals surface area contributed by atoms with Gasteiger partial charge in [-0.3, -0.25) is 29.4 Å². The molecule has 1 saturated carbocycles. The Balaban J connectivity index is 1.54. The molecule has 0 spiro atoms. The summed E-state index contributed by atoms with van der Waals surface area (Å²) in [5.41, 5.74) is 7.34. The molecule has 154 valence electrons. The zero-order valence-electron chi connectivity index (χ0n) is 16.3.